The molecule has 1 aliphatic carbocycles. The van der Waals surface area contributed by atoms with E-state index in [1.165, 1.54) is 37.1 Å². The average molecular weight is 390 g/mol. The number of amides is 3. The molecule has 27 heavy (non-hydrogen) atoms. The van der Waals surface area contributed by atoms with Crippen LogP contribution in [0.25, 0.3) is 0 Å². The van der Waals surface area contributed by atoms with Crippen molar-refractivity contribution in [2.75, 3.05) is 10.6 Å². The van der Waals surface area contributed by atoms with Crippen LogP contribution in [0.1, 0.15) is 53.9 Å². The summed E-state index contributed by atoms with van der Waals surface area (Å²) in [6, 6.07) is 5.17. The Labute approximate surface area is 161 Å². The number of urea groups is 1. The fourth-order valence-corrected chi connectivity index (χ4v) is 3.99. The van der Waals surface area contributed by atoms with E-state index in [2.05, 4.69) is 20.9 Å². The molecule has 3 amide bonds. The van der Waals surface area contributed by atoms with Gasteiger partial charge in [-0.2, -0.15) is 0 Å². The first-order valence-electron chi connectivity index (χ1n) is 9.13. The molecule has 2 aromatic rings. The minimum Gasteiger partial charge on any atom is -0.349 e. The van der Waals surface area contributed by atoms with Crippen molar-refractivity contribution in [2.24, 2.45) is 0 Å². The topological polar surface area (TPSA) is 83.1 Å². The summed E-state index contributed by atoms with van der Waals surface area (Å²) in [4.78, 5) is 29.4. The fraction of sp³-hybridized carbons (Fsp3) is 0.421. The van der Waals surface area contributed by atoms with E-state index in [0.29, 0.717) is 21.4 Å². The van der Waals surface area contributed by atoms with Gasteiger partial charge in [0.1, 0.15) is 10.7 Å². The van der Waals surface area contributed by atoms with Gasteiger partial charge in [-0.1, -0.05) is 37.0 Å². The Balaban J connectivity index is 1.58. The van der Waals surface area contributed by atoms with Gasteiger partial charge in [0.05, 0.1) is 5.69 Å². The van der Waals surface area contributed by atoms with Gasteiger partial charge in [0.25, 0.3) is 5.91 Å². The molecule has 144 valence electrons. The molecule has 1 fully saturated rings. The first-order valence-corrected chi connectivity index (χ1v) is 9.95. The molecule has 6 nitrogen and oxygen atoms in total. The molecule has 0 atom stereocenters. The summed E-state index contributed by atoms with van der Waals surface area (Å²) < 4.78 is 12.9. The molecule has 0 spiro atoms. The number of benzene rings is 1. The lowest BCUT2D eigenvalue weighted by Gasteiger charge is -2.15. The molecule has 1 aromatic carbocycles. The molecule has 3 rings (SSSR count). The van der Waals surface area contributed by atoms with Crippen molar-refractivity contribution in [3.8, 4) is 0 Å². The Morgan fingerprint density at radius 1 is 1.07 bits per heavy atom. The zero-order valence-corrected chi connectivity index (χ0v) is 16.0. The largest absolute Gasteiger partial charge is 0.349 e. The minimum atomic E-state index is -0.494. The smallest absolute Gasteiger partial charge is 0.325 e. The SMILES string of the molecule is Cc1nc(NC(=O)Nc2ccc(F)cc2)sc1C(=O)NC1CCCCCC1. The molecule has 1 aliphatic rings. The number of halogens is 1. The molecule has 0 saturated heterocycles. The van der Waals surface area contributed by atoms with E-state index in [1.54, 1.807) is 6.92 Å². The van der Waals surface area contributed by atoms with E-state index in [4.69, 9.17) is 0 Å². The fourth-order valence-electron chi connectivity index (χ4n) is 3.13. The number of carbonyl (C=O) groups is 2. The van der Waals surface area contributed by atoms with Crippen molar-refractivity contribution in [2.45, 2.75) is 51.5 Å². The predicted molar refractivity (Wildman–Crippen MR) is 105 cm³/mol. The van der Waals surface area contributed by atoms with E-state index in [1.807, 2.05) is 0 Å². The average Bonchev–Trinajstić information content (AvgIpc) is 2.82. The van der Waals surface area contributed by atoms with Crippen molar-refractivity contribution in [3.63, 3.8) is 0 Å². The summed E-state index contributed by atoms with van der Waals surface area (Å²) in [5, 5.41) is 8.66. The van der Waals surface area contributed by atoms with Gasteiger partial charge in [0.15, 0.2) is 5.13 Å². The number of carbonyl (C=O) groups excluding carboxylic acids is 2. The minimum absolute atomic E-state index is 0.135. The lowest BCUT2D eigenvalue weighted by molar-refractivity contribution is 0.0936. The molecule has 0 unspecified atom stereocenters. The Hall–Kier alpha value is -2.48. The van der Waals surface area contributed by atoms with Gasteiger partial charge in [-0.05, 0) is 44.0 Å². The number of hydrogen-bond acceptors (Lipinski definition) is 4. The lowest BCUT2D eigenvalue weighted by atomic mass is 10.1. The zero-order valence-electron chi connectivity index (χ0n) is 15.2. The maximum Gasteiger partial charge on any atom is 0.325 e. The predicted octanol–water partition coefficient (Wildman–Crippen LogP) is 4.69. The van der Waals surface area contributed by atoms with Crippen LogP contribution >= 0.6 is 11.3 Å². The van der Waals surface area contributed by atoms with Crippen molar-refractivity contribution in [1.82, 2.24) is 10.3 Å². The van der Waals surface area contributed by atoms with Gasteiger partial charge in [-0.3, -0.25) is 10.1 Å². The van der Waals surface area contributed by atoms with Crippen LogP contribution in [0.2, 0.25) is 0 Å². The first kappa shape index (κ1) is 19.3. The van der Waals surface area contributed by atoms with E-state index >= 15 is 0 Å². The third-order valence-electron chi connectivity index (χ3n) is 4.52. The van der Waals surface area contributed by atoms with Gasteiger partial charge in [-0.15, -0.1) is 0 Å². The molecule has 0 aliphatic heterocycles. The number of anilines is 2. The van der Waals surface area contributed by atoms with E-state index in [-0.39, 0.29) is 17.8 Å². The van der Waals surface area contributed by atoms with E-state index < -0.39 is 6.03 Å². The van der Waals surface area contributed by atoms with Crippen LogP contribution in [0.15, 0.2) is 24.3 Å². The molecule has 8 heteroatoms. The number of nitrogens with one attached hydrogen (secondary N) is 3. The Bertz CT molecular complexity index is 799. The summed E-state index contributed by atoms with van der Waals surface area (Å²) in [6.07, 6.45) is 6.75. The molecule has 1 heterocycles. The second-order valence-corrected chi connectivity index (χ2v) is 7.68. The standard InChI is InChI=1S/C19H23FN4O2S/c1-12-16(17(25)22-14-6-4-2-3-5-7-14)27-19(21-12)24-18(26)23-15-10-8-13(20)9-11-15/h8-11,14H,2-7H2,1H3,(H,22,25)(H2,21,23,24,26). The van der Waals surface area contributed by atoms with Crippen LogP contribution in [0.5, 0.6) is 0 Å². The molecule has 3 N–H and O–H groups in total. The van der Waals surface area contributed by atoms with Crippen LogP contribution in [-0.4, -0.2) is 23.0 Å². The molecular weight excluding hydrogens is 367 g/mol. The zero-order chi connectivity index (χ0) is 19.2. The van der Waals surface area contributed by atoms with Gasteiger partial charge >= 0.3 is 6.03 Å². The number of thiazole rings is 1. The normalized spacial score (nSPS) is 15.0. The molecule has 1 aromatic heterocycles. The van der Waals surface area contributed by atoms with Crippen LogP contribution in [0.4, 0.5) is 20.0 Å². The summed E-state index contributed by atoms with van der Waals surface area (Å²) in [6.45, 7) is 1.75. The molecule has 1 saturated carbocycles. The first-order chi connectivity index (χ1) is 13.0. The molecular formula is C19H23FN4O2S. The van der Waals surface area contributed by atoms with Crippen molar-refractivity contribution in [1.29, 1.82) is 0 Å². The lowest BCUT2D eigenvalue weighted by Crippen LogP contribution is -2.34. The summed E-state index contributed by atoms with van der Waals surface area (Å²) in [7, 11) is 0. The number of rotatable bonds is 4. The van der Waals surface area contributed by atoms with Crippen LogP contribution in [0, 0.1) is 12.7 Å². The van der Waals surface area contributed by atoms with Crippen molar-refractivity contribution < 1.29 is 14.0 Å². The summed E-state index contributed by atoms with van der Waals surface area (Å²) in [5.41, 5.74) is 1.05. The monoisotopic (exact) mass is 390 g/mol. The Morgan fingerprint density at radius 2 is 1.74 bits per heavy atom. The Kier molecular flexibility index (Phi) is 6.39. The van der Waals surface area contributed by atoms with Gasteiger partial charge in [-0.25, -0.2) is 14.2 Å². The number of aromatic nitrogens is 1. The summed E-state index contributed by atoms with van der Waals surface area (Å²) >= 11 is 1.15. The third kappa shape index (κ3) is 5.50. The highest BCUT2D eigenvalue weighted by Crippen LogP contribution is 2.24. The Morgan fingerprint density at radius 3 is 2.41 bits per heavy atom. The highest BCUT2D eigenvalue weighted by atomic mass is 32.1. The van der Waals surface area contributed by atoms with Crippen molar-refractivity contribution in [3.05, 3.63) is 40.7 Å². The van der Waals surface area contributed by atoms with Crippen molar-refractivity contribution >= 4 is 34.1 Å². The second-order valence-electron chi connectivity index (χ2n) is 6.68. The van der Waals surface area contributed by atoms with E-state index in [9.17, 15) is 14.0 Å². The highest BCUT2D eigenvalue weighted by Gasteiger charge is 2.20. The highest BCUT2D eigenvalue weighted by molar-refractivity contribution is 7.17. The number of nitrogens with zero attached hydrogens (tertiary/aromatic N) is 1. The van der Waals surface area contributed by atoms with Gasteiger partial charge < -0.3 is 10.6 Å². The van der Waals surface area contributed by atoms with Crippen LogP contribution in [-0.2, 0) is 0 Å². The maximum atomic E-state index is 12.9. The van der Waals surface area contributed by atoms with Gasteiger partial charge in [0, 0.05) is 11.7 Å². The molecule has 0 radical (unpaired) electrons. The van der Waals surface area contributed by atoms with Crippen LogP contribution in [0.3, 0.4) is 0 Å². The van der Waals surface area contributed by atoms with Gasteiger partial charge in [0.2, 0.25) is 0 Å². The summed E-state index contributed by atoms with van der Waals surface area (Å²) in [5.74, 6) is -0.510. The quantitative estimate of drug-likeness (QED) is 0.663. The second kappa shape index (κ2) is 8.94. The third-order valence-corrected chi connectivity index (χ3v) is 5.59. The maximum absolute atomic E-state index is 12.9. The van der Waals surface area contributed by atoms with Crippen LogP contribution < -0.4 is 16.0 Å². The number of hydrogen-bond donors (Lipinski definition) is 3. The number of aryl methyl sites for hydroxylation is 1. The molecule has 0 bridgehead atoms. The van der Waals surface area contributed by atoms with E-state index in [0.717, 1.165) is 37.0 Å².